The van der Waals surface area contributed by atoms with Gasteiger partial charge >= 0.3 is 5.97 Å². The Balaban J connectivity index is 1.40. The zero-order valence-corrected chi connectivity index (χ0v) is 18.0. The van der Waals surface area contributed by atoms with Gasteiger partial charge in [-0.05, 0) is 31.0 Å². The number of rotatable bonds is 5. The minimum Gasteiger partial charge on any atom is -0.493 e. The molecule has 0 N–H and O–H groups in total. The first-order valence-electron chi connectivity index (χ1n) is 9.80. The van der Waals surface area contributed by atoms with E-state index >= 15 is 0 Å². The van der Waals surface area contributed by atoms with Crippen molar-refractivity contribution in [2.75, 3.05) is 0 Å². The van der Waals surface area contributed by atoms with Crippen LogP contribution >= 0.6 is 23.2 Å². The van der Waals surface area contributed by atoms with E-state index < -0.39 is 29.0 Å². The van der Waals surface area contributed by atoms with Crippen molar-refractivity contribution >= 4 is 40.6 Å². The van der Waals surface area contributed by atoms with Crippen LogP contribution in [0.25, 0.3) is 0 Å². The lowest BCUT2D eigenvalue weighted by molar-refractivity contribution is -0.384. The number of allylic oxidation sites excluding steroid dienone is 1. The predicted molar refractivity (Wildman–Crippen MR) is 115 cm³/mol. The number of carbonyl (C=O) groups is 2. The Hall–Kier alpha value is -3.10. The van der Waals surface area contributed by atoms with Gasteiger partial charge in [-0.25, -0.2) is 4.79 Å². The van der Waals surface area contributed by atoms with Crippen LogP contribution in [-0.2, 0) is 14.3 Å². The molecular formula is C22H17Cl2NO7. The number of ketones is 1. The third-order valence-electron chi connectivity index (χ3n) is 5.39. The molecule has 1 saturated carbocycles. The lowest BCUT2D eigenvalue weighted by Gasteiger charge is -2.36. The number of hydrogen-bond donors (Lipinski definition) is 0. The van der Waals surface area contributed by atoms with Crippen LogP contribution in [0.5, 0.6) is 5.75 Å². The first-order valence-corrected chi connectivity index (χ1v) is 10.6. The maximum Gasteiger partial charge on any atom is 0.339 e. The third-order valence-corrected chi connectivity index (χ3v) is 6.01. The van der Waals surface area contributed by atoms with Crippen LogP contribution in [0.3, 0.4) is 0 Å². The van der Waals surface area contributed by atoms with Gasteiger partial charge in [0.1, 0.15) is 24.2 Å². The summed E-state index contributed by atoms with van der Waals surface area (Å²) in [5.41, 5.74) is -0.182. The molecule has 2 aromatic carbocycles. The van der Waals surface area contributed by atoms with Gasteiger partial charge in [0.05, 0.1) is 26.4 Å². The van der Waals surface area contributed by atoms with E-state index in [1.807, 2.05) is 0 Å². The van der Waals surface area contributed by atoms with Crippen LogP contribution in [0.2, 0.25) is 10.0 Å². The molecule has 8 nitrogen and oxygen atoms in total. The second kappa shape index (κ2) is 9.18. The Morgan fingerprint density at radius 3 is 2.62 bits per heavy atom. The largest absolute Gasteiger partial charge is 0.493 e. The smallest absolute Gasteiger partial charge is 0.339 e. The van der Waals surface area contributed by atoms with E-state index in [0.717, 1.165) is 6.07 Å². The molecule has 1 aliphatic carbocycles. The fourth-order valence-electron chi connectivity index (χ4n) is 3.76. The Morgan fingerprint density at radius 1 is 1.12 bits per heavy atom. The fraction of sp³-hybridized carbons (Fsp3) is 0.273. The van der Waals surface area contributed by atoms with Crippen molar-refractivity contribution < 1.29 is 28.7 Å². The summed E-state index contributed by atoms with van der Waals surface area (Å²) in [6.07, 6.45) is 1.54. The van der Waals surface area contributed by atoms with Gasteiger partial charge in [0.25, 0.3) is 5.69 Å². The van der Waals surface area contributed by atoms with Gasteiger partial charge in [-0.3, -0.25) is 14.9 Å². The molecular weight excluding hydrogens is 461 g/mol. The summed E-state index contributed by atoms with van der Waals surface area (Å²) in [6, 6.07) is 10.4. The van der Waals surface area contributed by atoms with Crippen molar-refractivity contribution in [1.82, 2.24) is 0 Å². The Kier molecular flexibility index (Phi) is 6.34. The number of benzene rings is 2. The van der Waals surface area contributed by atoms with Gasteiger partial charge in [0.2, 0.25) is 11.5 Å². The number of Topliss-reactive ketones (excluding diaryl/α,β-unsaturated/α-hetero) is 1. The highest BCUT2D eigenvalue weighted by molar-refractivity contribution is 6.33. The van der Waals surface area contributed by atoms with E-state index in [9.17, 15) is 19.7 Å². The molecule has 0 spiro atoms. The molecule has 0 bridgehead atoms. The summed E-state index contributed by atoms with van der Waals surface area (Å²) in [5.74, 6) is -0.862. The molecule has 1 aliphatic heterocycles. The topological polar surface area (TPSA) is 105 Å². The zero-order valence-electron chi connectivity index (χ0n) is 16.5. The summed E-state index contributed by atoms with van der Waals surface area (Å²) in [4.78, 5) is 35.6. The molecule has 0 saturated heterocycles. The molecule has 32 heavy (non-hydrogen) atoms. The van der Waals surface area contributed by atoms with Crippen LogP contribution in [-0.4, -0.2) is 28.9 Å². The number of ether oxygens (including phenoxy) is 3. The Labute approximate surface area is 192 Å². The monoisotopic (exact) mass is 477 g/mol. The highest BCUT2D eigenvalue weighted by atomic mass is 35.5. The van der Waals surface area contributed by atoms with Crippen molar-refractivity contribution in [1.29, 1.82) is 0 Å². The number of para-hydroxylation sites is 1. The summed E-state index contributed by atoms with van der Waals surface area (Å²) in [6.45, 7) is 0. The van der Waals surface area contributed by atoms with Gasteiger partial charge in [0.15, 0.2) is 0 Å². The first kappa shape index (κ1) is 22.1. The first-order chi connectivity index (χ1) is 15.3. The molecule has 3 unspecified atom stereocenters. The van der Waals surface area contributed by atoms with Crippen LogP contribution in [0.4, 0.5) is 5.69 Å². The van der Waals surface area contributed by atoms with Gasteiger partial charge in [-0.2, -0.15) is 0 Å². The molecule has 1 heterocycles. The van der Waals surface area contributed by atoms with Gasteiger partial charge < -0.3 is 14.2 Å². The van der Waals surface area contributed by atoms with Crippen molar-refractivity contribution in [3.63, 3.8) is 0 Å². The quantitative estimate of drug-likeness (QED) is 0.334. The highest BCUT2D eigenvalue weighted by Gasteiger charge is 2.42. The summed E-state index contributed by atoms with van der Waals surface area (Å²) in [5, 5.41) is 11.1. The minimum atomic E-state index is -0.686. The number of non-ortho nitro benzene ring substituents is 1. The summed E-state index contributed by atoms with van der Waals surface area (Å²) < 4.78 is 16.9. The number of fused-ring (bicyclic) bond motifs is 1. The average molecular weight is 478 g/mol. The number of nitrogens with zero attached hydrogens (tertiary/aromatic N) is 1. The summed E-state index contributed by atoms with van der Waals surface area (Å²) >= 11 is 12.1. The van der Waals surface area contributed by atoms with E-state index in [2.05, 4.69) is 0 Å². The Morgan fingerprint density at radius 2 is 1.91 bits per heavy atom. The van der Waals surface area contributed by atoms with E-state index in [1.165, 1.54) is 18.4 Å². The number of carbonyl (C=O) groups excluding carboxylic acids is 2. The average Bonchev–Trinajstić information content (AvgIpc) is 2.77. The second-order valence-electron chi connectivity index (χ2n) is 7.42. The van der Waals surface area contributed by atoms with Crippen LogP contribution in [0.1, 0.15) is 29.6 Å². The van der Waals surface area contributed by atoms with Crippen molar-refractivity contribution in [3.8, 4) is 5.75 Å². The van der Waals surface area contributed by atoms with E-state index in [4.69, 9.17) is 37.4 Å². The number of esters is 1. The van der Waals surface area contributed by atoms with Crippen molar-refractivity contribution in [2.24, 2.45) is 5.92 Å². The number of halogens is 2. The molecule has 2 aliphatic rings. The van der Waals surface area contributed by atoms with Gasteiger partial charge in [0, 0.05) is 18.6 Å². The normalized spacial score (nSPS) is 22.2. The molecule has 0 radical (unpaired) electrons. The number of nitro groups is 1. The SMILES string of the molecule is O=C(OC1CCC2C(=O)C(Oc3ccccc3Cl)=COC2C1)c1ccc([N+](=O)[O-])cc1Cl. The minimum absolute atomic E-state index is 0.0374. The lowest BCUT2D eigenvalue weighted by Crippen LogP contribution is -2.43. The molecule has 166 valence electrons. The Bertz CT molecular complexity index is 1120. The van der Waals surface area contributed by atoms with E-state index in [1.54, 1.807) is 24.3 Å². The van der Waals surface area contributed by atoms with Crippen molar-refractivity contribution in [2.45, 2.75) is 31.5 Å². The number of nitro benzene ring substituents is 1. The predicted octanol–water partition coefficient (Wildman–Crippen LogP) is 5.12. The van der Waals surface area contributed by atoms with E-state index in [0.29, 0.717) is 30.0 Å². The molecule has 10 heteroatoms. The zero-order chi connectivity index (χ0) is 22.8. The summed E-state index contributed by atoms with van der Waals surface area (Å²) in [7, 11) is 0. The molecule has 3 atom stereocenters. The third kappa shape index (κ3) is 4.56. The maximum absolute atomic E-state index is 12.9. The van der Waals surface area contributed by atoms with Crippen LogP contribution in [0.15, 0.2) is 54.5 Å². The molecule has 4 rings (SSSR count). The molecule has 0 aromatic heterocycles. The number of hydrogen-bond acceptors (Lipinski definition) is 7. The highest BCUT2D eigenvalue weighted by Crippen LogP contribution is 2.36. The van der Waals surface area contributed by atoms with Crippen LogP contribution < -0.4 is 4.74 Å². The maximum atomic E-state index is 12.9. The van der Waals surface area contributed by atoms with Crippen LogP contribution in [0, 0.1) is 16.0 Å². The second-order valence-corrected chi connectivity index (χ2v) is 8.24. The molecule has 0 amide bonds. The lowest BCUT2D eigenvalue weighted by atomic mass is 9.80. The van der Waals surface area contributed by atoms with E-state index in [-0.39, 0.29) is 27.8 Å². The van der Waals surface area contributed by atoms with Gasteiger partial charge in [-0.15, -0.1) is 0 Å². The standard InChI is InChI=1S/C22H17Cl2NO7/c23-16-3-1-2-4-18(16)32-20-11-30-19-10-13(6-8-15(19)21(20)26)31-22(27)14-7-5-12(25(28)29)9-17(14)24/h1-5,7,9,11,13,15,19H,6,8,10H2. The molecule has 2 aromatic rings. The molecule has 1 fully saturated rings. The van der Waals surface area contributed by atoms with Gasteiger partial charge in [-0.1, -0.05) is 35.3 Å². The van der Waals surface area contributed by atoms with Crippen molar-refractivity contribution in [3.05, 3.63) is 80.2 Å². The fourth-order valence-corrected chi connectivity index (χ4v) is 4.18.